The fourth-order valence-electron chi connectivity index (χ4n) is 4.92. The summed E-state index contributed by atoms with van der Waals surface area (Å²) >= 11 is 0. The third-order valence-corrected chi connectivity index (χ3v) is 6.33. The number of ether oxygens (including phenoxy) is 2. The zero-order valence-corrected chi connectivity index (χ0v) is 14.9. The molecule has 0 radical (unpaired) electrons. The molecule has 2 aliphatic carbocycles. The van der Waals surface area contributed by atoms with E-state index in [-0.39, 0.29) is 11.5 Å². The molecular formula is C21H27NO3. The van der Waals surface area contributed by atoms with Crippen LogP contribution in [0.25, 0.3) is 0 Å². The predicted octanol–water partition coefficient (Wildman–Crippen LogP) is 3.02. The molecular weight excluding hydrogens is 314 g/mol. The molecule has 4 nitrogen and oxygen atoms in total. The third-order valence-electron chi connectivity index (χ3n) is 6.33. The van der Waals surface area contributed by atoms with Crippen LogP contribution in [0.3, 0.4) is 0 Å². The predicted molar refractivity (Wildman–Crippen MR) is 96.1 cm³/mol. The van der Waals surface area contributed by atoms with Gasteiger partial charge in [-0.1, -0.05) is 18.2 Å². The number of nitrogens with zero attached hydrogens (tertiary/aromatic N) is 1. The van der Waals surface area contributed by atoms with E-state index in [0.29, 0.717) is 13.0 Å². The molecule has 4 heteroatoms. The molecule has 2 heterocycles. The summed E-state index contributed by atoms with van der Waals surface area (Å²) in [5.74, 6) is 2.68. The average molecular weight is 341 g/mol. The molecule has 25 heavy (non-hydrogen) atoms. The molecule has 2 aliphatic heterocycles. The largest absolute Gasteiger partial charge is 0.490 e. The highest BCUT2D eigenvalue weighted by atomic mass is 16.5. The molecule has 4 aliphatic rings. The van der Waals surface area contributed by atoms with Gasteiger partial charge in [-0.05, 0) is 50.3 Å². The summed E-state index contributed by atoms with van der Waals surface area (Å²) in [7, 11) is 0. The molecule has 1 aromatic carbocycles. The van der Waals surface area contributed by atoms with Crippen molar-refractivity contribution in [2.24, 2.45) is 5.92 Å². The van der Waals surface area contributed by atoms with Crippen LogP contribution in [-0.2, 0) is 12.0 Å². The smallest absolute Gasteiger partial charge is 0.166 e. The molecule has 1 fully saturated rings. The van der Waals surface area contributed by atoms with Gasteiger partial charge in [0.15, 0.2) is 11.5 Å². The van der Waals surface area contributed by atoms with Crippen molar-refractivity contribution in [1.82, 2.24) is 4.90 Å². The molecule has 0 aromatic heterocycles. The molecule has 0 saturated heterocycles. The van der Waals surface area contributed by atoms with Crippen LogP contribution in [0.15, 0.2) is 24.3 Å². The second kappa shape index (κ2) is 5.75. The lowest BCUT2D eigenvalue weighted by Gasteiger charge is -2.35. The zero-order valence-electron chi connectivity index (χ0n) is 14.9. The van der Waals surface area contributed by atoms with E-state index in [0.717, 1.165) is 36.9 Å². The second-order valence-corrected chi connectivity index (χ2v) is 8.10. The standard InChI is InChI=1S/C21H27NO3/c1-2-24-17-6-5-15-13-22(12-14-3-4-14)10-9-21-8-7-16(23)11-18(21)25-20(17)19(15)21/h5-8,14,16,18,23H,2-4,9-13H2,1H3/t16-,18-,21-/m0/s1. The Bertz CT molecular complexity index is 711. The lowest BCUT2D eigenvalue weighted by Crippen LogP contribution is -2.43. The summed E-state index contributed by atoms with van der Waals surface area (Å²) in [6, 6.07) is 4.31. The van der Waals surface area contributed by atoms with Crippen LogP contribution in [-0.4, -0.2) is 41.9 Å². The minimum atomic E-state index is -0.408. The summed E-state index contributed by atoms with van der Waals surface area (Å²) in [6.07, 6.45) is 8.32. The lowest BCUT2D eigenvalue weighted by molar-refractivity contribution is 0.0804. The van der Waals surface area contributed by atoms with Crippen LogP contribution < -0.4 is 9.47 Å². The number of hydrogen-bond acceptors (Lipinski definition) is 4. The van der Waals surface area contributed by atoms with Gasteiger partial charge in [0.1, 0.15) is 6.10 Å². The molecule has 0 bridgehead atoms. The van der Waals surface area contributed by atoms with Gasteiger partial charge in [-0.2, -0.15) is 0 Å². The van der Waals surface area contributed by atoms with Gasteiger partial charge in [0, 0.05) is 25.1 Å². The molecule has 3 atom stereocenters. The Hall–Kier alpha value is -1.52. The van der Waals surface area contributed by atoms with Crippen LogP contribution in [0.1, 0.15) is 43.7 Å². The van der Waals surface area contributed by atoms with Crippen molar-refractivity contribution in [3.63, 3.8) is 0 Å². The summed E-state index contributed by atoms with van der Waals surface area (Å²) in [4.78, 5) is 2.62. The van der Waals surface area contributed by atoms with Gasteiger partial charge in [0.2, 0.25) is 0 Å². The van der Waals surface area contributed by atoms with Crippen LogP contribution in [0.5, 0.6) is 11.5 Å². The Labute approximate surface area is 149 Å². The van der Waals surface area contributed by atoms with E-state index in [1.165, 1.54) is 30.5 Å². The van der Waals surface area contributed by atoms with Crippen molar-refractivity contribution in [1.29, 1.82) is 0 Å². The Morgan fingerprint density at radius 1 is 1.36 bits per heavy atom. The van der Waals surface area contributed by atoms with E-state index >= 15 is 0 Å². The fourth-order valence-corrected chi connectivity index (χ4v) is 4.92. The Kier molecular flexibility index (Phi) is 3.61. The maximum Gasteiger partial charge on any atom is 0.166 e. The second-order valence-electron chi connectivity index (χ2n) is 8.10. The van der Waals surface area contributed by atoms with Crippen LogP contribution in [0, 0.1) is 5.92 Å². The number of aliphatic hydroxyl groups excluding tert-OH is 1. The van der Waals surface area contributed by atoms with Crippen LogP contribution in [0.2, 0.25) is 0 Å². The molecule has 1 aromatic rings. The molecule has 134 valence electrons. The highest BCUT2D eigenvalue weighted by Gasteiger charge is 2.52. The van der Waals surface area contributed by atoms with Crippen molar-refractivity contribution in [3.8, 4) is 11.5 Å². The van der Waals surface area contributed by atoms with E-state index in [4.69, 9.17) is 9.47 Å². The highest BCUT2D eigenvalue weighted by Crippen LogP contribution is 2.55. The molecule has 1 saturated carbocycles. The summed E-state index contributed by atoms with van der Waals surface area (Å²) in [5.41, 5.74) is 2.60. The normalized spacial score (nSPS) is 33.4. The zero-order chi connectivity index (χ0) is 17.0. The van der Waals surface area contributed by atoms with Gasteiger partial charge in [0.05, 0.1) is 18.1 Å². The minimum Gasteiger partial charge on any atom is -0.490 e. The molecule has 5 rings (SSSR count). The Morgan fingerprint density at radius 2 is 2.24 bits per heavy atom. The van der Waals surface area contributed by atoms with Crippen molar-refractivity contribution in [2.45, 2.75) is 56.8 Å². The fraction of sp³-hybridized carbons (Fsp3) is 0.619. The maximum absolute atomic E-state index is 10.1. The first kappa shape index (κ1) is 15.7. The quantitative estimate of drug-likeness (QED) is 0.855. The summed E-state index contributed by atoms with van der Waals surface area (Å²) in [6.45, 7) is 5.96. The summed E-state index contributed by atoms with van der Waals surface area (Å²) in [5, 5.41) is 10.1. The van der Waals surface area contributed by atoms with Gasteiger partial charge in [-0.3, -0.25) is 4.90 Å². The number of benzene rings is 1. The topological polar surface area (TPSA) is 41.9 Å². The average Bonchev–Trinajstić information content (AvgIpc) is 3.37. The Morgan fingerprint density at radius 3 is 3.04 bits per heavy atom. The van der Waals surface area contributed by atoms with E-state index in [9.17, 15) is 5.11 Å². The van der Waals surface area contributed by atoms with E-state index in [1.54, 1.807) is 0 Å². The monoisotopic (exact) mass is 341 g/mol. The minimum absolute atomic E-state index is 0.0173. The Balaban J connectivity index is 1.60. The lowest BCUT2D eigenvalue weighted by atomic mass is 9.69. The summed E-state index contributed by atoms with van der Waals surface area (Å²) < 4.78 is 12.3. The van der Waals surface area contributed by atoms with Crippen LogP contribution >= 0.6 is 0 Å². The van der Waals surface area contributed by atoms with E-state index < -0.39 is 6.10 Å². The van der Waals surface area contributed by atoms with Gasteiger partial charge < -0.3 is 14.6 Å². The first-order valence-electron chi connectivity index (χ1n) is 9.75. The van der Waals surface area contributed by atoms with Gasteiger partial charge >= 0.3 is 0 Å². The number of rotatable bonds is 4. The van der Waals surface area contributed by atoms with Crippen molar-refractivity contribution in [2.75, 3.05) is 19.7 Å². The molecule has 0 amide bonds. The van der Waals surface area contributed by atoms with Gasteiger partial charge in [0.25, 0.3) is 0 Å². The third kappa shape index (κ3) is 2.49. The van der Waals surface area contributed by atoms with Crippen molar-refractivity contribution in [3.05, 3.63) is 35.4 Å². The van der Waals surface area contributed by atoms with Gasteiger partial charge in [-0.15, -0.1) is 0 Å². The van der Waals surface area contributed by atoms with Crippen LogP contribution in [0.4, 0.5) is 0 Å². The highest BCUT2D eigenvalue weighted by molar-refractivity contribution is 5.61. The van der Waals surface area contributed by atoms with Gasteiger partial charge in [-0.25, -0.2) is 0 Å². The number of aliphatic hydroxyl groups is 1. The van der Waals surface area contributed by atoms with E-state index in [2.05, 4.69) is 23.1 Å². The SMILES string of the molecule is CCOc1ccc2c3c1O[C@H]1C[C@@H](O)C=C[C@@]31CCN(CC1CC1)C2. The van der Waals surface area contributed by atoms with Crippen molar-refractivity contribution < 1.29 is 14.6 Å². The van der Waals surface area contributed by atoms with E-state index in [1.807, 2.05) is 13.0 Å². The first-order chi connectivity index (χ1) is 12.2. The molecule has 0 unspecified atom stereocenters. The molecule has 1 N–H and O–H groups in total. The first-order valence-corrected chi connectivity index (χ1v) is 9.75. The maximum atomic E-state index is 10.1. The molecule has 1 spiro atoms. The number of hydrogen-bond donors (Lipinski definition) is 1. The van der Waals surface area contributed by atoms with Crippen molar-refractivity contribution >= 4 is 0 Å².